The number of aryl methyl sites for hydroxylation is 1. The van der Waals surface area contributed by atoms with E-state index in [4.69, 9.17) is 4.98 Å². The van der Waals surface area contributed by atoms with Gasteiger partial charge in [-0.05, 0) is 148 Å². The van der Waals surface area contributed by atoms with E-state index in [-0.39, 0.29) is 0 Å². The van der Waals surface area contributed by atoms with Crippen LogP contribution in [0.15, 0.2) is 212 Å². The standard InChI is InChI=1S/C59H48N4Si/c1-40-17-10-11-22-49(40)51-23-16-26-52(42(51)3)62(53-34-30-43-29-33-50(43)41(53)2)54-35-31-44(37-46(54)38-60)45-32-36-59(61-39-45)63-55-24-12-14-27-57(55)64(47-18-6-4-7-19-47,48-20-8-5-9-21-48)58-28-15-13-25-56(58)63/h4-28,30-32,34-37,39,43,50H,29,33H2,1-3H3/t43-,50?/m0/s1. The molecule has 1 saturated carbocycles. The molecule has 3 aliphatic rings. The molecule has 1 fully saturated rings. The van der Waals surface area contributed by atoms with Crippen molar-refractivity contribution in [1.82, 2.24) is 4.98 Å². The minimum absolute atomic E-state index is 0.533. The summed E-state index contributed by atoms with van der Waals surface area (Å²) in [4.78, 5) is 9.91. The van der Waals surface area contributed by atoms with Gasteiger partial charge >= 0.3 is 0 Å². The van der Waals surface area contributed by atoms with Crippen molar-refractivity contribution in [3.63, 3.8) is 0 Å². The number of benzene rings is 7. The highest BCUT2D eigenvalue weighted by Crippen LogP contribution is 2.49. The highest BCUT2D eigenvalue weighted by atomic mass is 28.3. The van der Waals surface area contributed by atoms with Crippen molar-refractivity contribution in [3.8, 4) is 28.3 Å². The van der Waals surface area contributed by atoms with Crippen LogP contribution in [0, 0.1) is 37.0 Å². The van der Waals surface area contributed by atoms with Crippen LogP contribution in [0.1, 0.15) is 36.5 Å². The van der Waals surface area contributed by atoms with Crippen molar-refractivity contribution in [1.29, 1.82) is 5.26 Å². The molecular formula is C59H48N4Si. The van der Waals surface area contributed by atoms with Crippen molar-refractivity contribution >= 4 is 57.4 Å². The molecule has 0 N–H and O–H groups in total. The first-order chi connectivity index (χ1) is 31.5. The minimum Gasteiger partial charge on any atom is -0.309 e. The number of allylic oxidation sites excluding steroid dienone is 3. The third kappa shape index (κ3) is 6.20. The molecule has 1 aliphatic heterocycles. The number of nitriles is 1. The molecule has 0 bridgehead atoms. The molecule has 1 aromatic heterocycles. The van der Waals surface area contributed by atoms with Crippen molar-refractivity contribution in [2.45, 2.75) is 33.6 Å². The number of hydrogen-bond donors (Lipinski definition) is 0. The molecule has 64 heavy (non-hydrogen) atoms. The number of hydrogen-bond acceptors (Lipinski definition) is 4. The lowest BCUT2D eigenvalue weighted by atomic mass is 9.67. The first-order valence-corrected chi connectivity index (χ1v) is 24.4. The fraction of sp³-hybridized carbons (Fsp3) is 0.119. The van der Waals surface area contributed by atoms with E-state index in [9.17, 15) is 5.26 Å². The van der Waals surface area contributed by atoms with Crippen molar-refractivity contribution in [2.75, 3.05) is 9.80 Å². The average Bonchev–Trinajstić information content (AvgIpc) is 3.33. The first kappa shape index (κ1) is 39.3. The Bertz CT molecular complexity index is 3090. The number of fused-ring (bicyclic) bond motifs is 3. The van der Waals surface area contributed by atoms with Crippen LogP contribution >= 0.6 is 0 Å². The molecule has 0 saturated heterocycles. The van der Waals surface area contributed by atoms with Crippen molar-refractivity contribution in [3.05, 3.63) is 228 Å². The molecular weight excluding hydrogens is 793 g/mol. The summed E-state index contributed by atoms with van der Waals surface area (Å²) in [6.45, 7) is 6.69. The predicted molar refractivity (Wildman–Crippen MR) is 268 cm³/mol. The lowest BCUT2D eigenvalue weighted by Gasteiger charge is -2.44. The Morgan fingerprint density at radius 1 is 0.609 bits per heavy atom. The zero-order valence-corrected chi connectivity index (χ0v) is 37.4. The summed E-state index contributed by atoms with van der Waals surface area (Å²) in [5.74, 6) is 1.98. The number of nitrogens with zero attached hydrogens (tertiary/aromatic N) is 4. The molecule has 0 spiro atoms. The zero-order valence-electron chi connectivity index (χ0n) is 36.4. The molecule has 7 aromatic carbocycles. The second kappa shape index (κ2) is 16.0. The maximum atomic E-state index is 11.0. The van der Waals surface area contributed by atoms with Crippen LogP contribution in [-0.4, -0.2) is 13.1 Å². The molecule has 0 amide bonds. The lowest BCUT2D eigenvalue weighted by molar-refractivity contribution is 0.264. The third-order valence-corrected chi connectivity index (χ3v) is 19.1. The van der Waals surface area contributed by atoms with E-state index in [1.165, 1.54) is 61.4 Å². The molecule has 1 unspecified atom stereocenters. The molecule has 2 atom stereocenters. The van der Waals surface area contributed by atoms with Gasteiger partial charge in [0.05, 0.1) is 11.3 Å². The summed E-state index contributed by atoms with van der Waals surface area (Å²) in [7, 11) is -2.72. The van der Waals surface area contributed by atoms with Gasteiger partial charge in [0.15, 0.2) is 8.07 Å². The van der Waals surface area contributed by atoms with Crippen LogP contribution in [0.4, 0.5) is 28.6 Å². The van der Waals surface area contributed by atoms with Crippen molar-refractivity contribution < 1.29 is 0 Å². The largest absolute Gasteiger partial charge is 0.309 e. The molecule has 0 radical (unpaired) electrons. The summed E-state index contributed by atoms with van der Waals surface area (Å²) in [6, 6.07) is 68.4. The van der Waals surface area contributed by atoms with E-state index >= 15 is 0 Å². The number of rotatable bonds is 8. The number of aromatic nitrogens is 1. The topological polar surface area (TPSA) is 43.2 Å². The summed E-state index contributed by atoms with van der Waals surface area (Å²) < 4.78 is 0. The van der Waals surface area contributed by atoms with Gasteiger partial charge in [0, 0.05) is 34.5 Å². The van der Waals surface area contributed by atoms with E-state index in [2.05, 4.69) is 225 Å². The van der Waals surface area contributed by atoms with Gasteiger partial charge in [0.1, 0.15) is 11.9 Å². The molecule has 4 nitrogen and oxygen atoms in total. The van der Waals surface area contributed by atoms with E-state index in [1.807, 2.05) is 12.3 Å². The van der Waals surface area contributed by atoms with Gasteiger partial charge in [-0.1, -0.05) is 146 Å². The number of pyridine rings is 1. The van der Waals surface area contributed by atoms with Crippen LogP contribution < -0.4 is 30.5 Å². The second-order valence-electron chi connectivity index (χ2n) is 17.5. The first-order valence-electron chi connectivity index (χ1n) is 22.4. The minimum atomic E-state index is -2.72. The normalized spacial score (nSPS) is 16.8. The van der Waals surface area contributed by atoms with Crippen LogP contribution in [0.3, 0.4) is 0 Å². The number of anilines is 5. The van der Waals surface area contributed by atoms with Gasteiger partial charge in [0.25, 0.3) is 0 Å². The SMILES string of the molecule is CC1=C(N(c2ccc(-c3ccc(N4c5ccccc5[Si](c5ccccc5)(c5ccccc5)c5ccccc54)nc3)cc2C#N)c2cccc(-c3ccccc3C)c2C)C=C[C@@H]2CCC12. The second-order valence-corrected chi connectivity index (χ2v) is 21.2. The Morgan fingerprint density at radius 3 is 1.86 bits per heavy atom. The van der Waals surface area contributed by atoms with Gasteiger partial charge in [-0.25, -0.2) is 4.98 Å². The van der Waals surface area contributed by atoms with Gasteiger partial charge < -0.3 is 4.90 Å². The molecule has 2 aliphatic carbocycles. The average molecular weight is 841 g/mol. The van der Waals surface area contributed by atoms with E-state index in [1.54, 1.807) is 0 Å². The van der Waals surface area contributed by atoms with Gasteiger partial charge in [-0.3, -0.25) is 4.90 Å². The smallest absolute Gasteiger partial charge is 0.184 e. The van der Waals surface area contributed by atoms with Crippen LogP contribution in [0.5, 0.6) is 0 Å². The molecule has 308 valence electrons. The molecule has 2 heterocycles. The summed E-state index contributed by atoms with van der Waals surface area (Å²) in [5, 5.41) is 16.3. The van der Waals surface area contributed by atoms with Gasteiger partial charge in [-0.15, -0.1) is 0 Å². The van der Waals surface area contributed by atoms with Crippen LogP contribution in [0.25, 0.3) is 22.3 Å². The maximum Gasteiger partial charge on any atom is 0.184 e. The molecule has 5 heteroatoms. The van der Waals surface area contributed by atoms with Crippen LogP contribution in [0.2, 0.25) is 0 Å². The highest BCUT2D eigenvalue weighted by Gasteiger charge is 2.48. The Morgan fingerprint density at radius 2 is 1.23 bits per heavy atom. The predicted octanol–water partition coefficient (Wildman–Crippen LogP) is 12.1. The van der Waals surface area contributed by atoms with Gasteiger partial charge in [0.2, 0.25) is 0 Å². The molecule has 8 aromatic rings. The van der Waals surface area contributed by atoms with Crippen LogP contribution in [-0.2, 0) is 0 Å². The highest BCUT2D eigenvalue weighted by molar-refractivity contribution is 7.21. The molecule has 11 rings (SSSR count). The Labute approximate surface area is 377 Å². The Balaban J connectivity index is 1.01. The summed E-state index contributed by atoms with van der Waals surface area (Å²) >= 11 is 0. The Hall–Kier alpha value is -7.52. The fourth-order valence-electron chi connectivity index (χ4n) is 10.9. The summed E-state index contributed by atoms with van der Waals surface area (Å²) in [6.07, 6.45) is 9.09. The third-order valence-electron chi connectivity index (χ3n) is 14.2. The van der Waals surface area contributed by atoms with E-state index in [0.29, 0.717) is 17.4 Å². The fourth-order valence-corrected chi connectivity index (χ4v) is 16.0. The zero-order chi connectivity index (χ0) is 43.4. The monoisotopic (exact) mass is 840 g/mol. The Kier molecular flexibility index (Phi) is 9.83. The van der Waals surface area contributed by atoms with E-state index in [0.717, 1.165) is 45.4 Å². The van der Waals surface area contributed by atoms with Crippen molar-refractivity contribution in [2.24, 2.45) is 11.8 Å². The summed E-state index contributed by atoms with van der Waals surface area (Å²) in [5.41, 5.74) is 14.2. The maximum absolute atomic E-state index is 11.0. The van der Waals surface area contributed by atoms with E-state index < -0.39 is 8.07 Å². The van der Waals surface area contributed by atoms with Gasteiger partial charge in [-0.2, -0.15) is 5.26 Å². The quantitative estimate of drug-likeness (QED) is 0.143. The number of para-hydroxylation sites is 2. The lowest BCUT2D eigenvalue weighted by Crippen LogP contribution is -2.77.